The van der Waals surface area contributed by atoms with Crippen LogP contribution in [0.4, 0.5) is 5.82 Å². The number of aliphatic hydroxyl groups is 1. The lowest BCUT2D eigenvalue weighted by atomic mass is 10.1. The highest BCUT2D eigenvalue weighted by atomic mass is 16.3. The first kappa shape index (κ1) is 14.0. The van der Waals surface area contributed by atoms with Gasteiger partial charge in [0.25, 0.3) is 0 Å². The minimum atomic E-state index is 0.0851. The quantitative estimate of drug-likeness (QED) is 0.825. The lowest BCUT2D eigenvalue weighted by molar-refractivity contribution is 0.281. The molecule has 0 spiro atoms. The summed E-state index contributed by atoms with van der Waals surface area (Å²) in [5.74, 6) is 1.57. The van der Waals surface area contributed by atoms with Crippen molar-refractivity contribution in [2.75, 3.05) is 18.5 Å². The van der Waals surface area contributed by atoms with E-state index in [0.29, 0.717) is 5.92 Å². The van der Waals surface area contributed by atoms with Gasteiger partial charge in [0.2, 0.25) is 0 Å². The van der Waals surface area contributed by atoms with Crippen molar-refractivity contribution in [2.45, 2.75) is 40.2 Å². The Labute approximate surface area is 104 Å². The number of hydrogen-bond acceptors (Lipinski definition) is 3. The van der Waals surface area contributed by atoms with Crippen molar-refractivity contribution in [3.63, 3.8) is 0 Å². The monoisotopic (exact) mass is 236 g/mol. The molecule has 0 aromatic carbocycles. The molecular weight excluding hydrogens is 212 g/mol. The molecule has 3 nitrogen and oxygen atoms in total. The number of aromatic nitrogens is 1. The normalized spacial score (nSPS) is 10.9. The number of hydrogen-bond donors (Lipinski definition) is 1. The maximum absolute atomic E-state index is 9.27. The van der Waals surface area contributed by atoms with Gasteiger partial charge in [-0.1, -0.05) is 27.2 Å². The molecule has 1 heterocycles. The van der Waals surface area contributed by atoms with E-state index in [-0.39, 0.29) is 6.61 Å². The van der Waals surface area contributed by atoms with Crippen LogP contribution in [0.25, 0.3) is 0 Å². The van der Waals surface area contributed by atoms with E-state index in [4.69, 9.17) is 0 Å². The van der Waals surface area contributed by atoms with Gasteiger partial charge in [-0.15, -0.1) is 0 Å². The van der Waals surface area contributed by atoms with Gasteiger partial charge in [-0.3, -0.25) is 0 Å². The van der Waals surface area contributed by atoms with Crippen molar-refractivity contribution in [1.82, 2.24) is 4.98 Å². The molecular formula is C14H24N2O. The Morgan fingerprint density at radius 1 is 1.35 bits per heavy atom. The molecule has 0 aliphatic heterocycles. The van der Waals surface area contributed by atoms with E-state index in [2.05, 4.69) is 37.7 Å². The summed E-state index contributed by atoms with van der Waals surface area (Å²) in [5.41, 5.74) is 2.03. The molecule has 0 aliphatic carbocycles. The molecule has 0 amide bonds. The average Bonchev–Trinajstić information content (AvgIpc) is 2.28. The molecule has 0 fully saturated rings. The fourth-order valence-corrected chi connectivity index (χ4v) is 1.95. The Morgan fingerprint density at radius 3 is 2.59 bits per heavy atom. The van der Waals surface area contributed by atoms with Gasteiger partial charge in [0, 0.05) is 19.3 Å². The number of nitrogens with zero attached hydrogens (tertiary/aromatic N) is 2. The first-order valence-electron chi connectivity index (χ1n) is 6.38. The zero-order valence-corrected chi connectivity index (χ0v) is 11.4. The van der Waals surface area contributed by atoms with Crippen molar-refractivity contribution < 1.29 is 5.11 Å². The van der Waals surface area contributed by atoms with Crippen LogP contribution in [-0.4, -0.2) is 23.7 Å². The van der Waals surface area contributed by atoms with Crippen LogP contribution >= 0.6 is 0 Å². The van der Waals surface area contributed by atoms with Gasteiger partial charge in [-0.05, 0) is 30.0 Å². The van der Waals surface area contributed by atoms with Crippen molar-refractivity contribution in [3.05, 3.63) is 23.4 Å². The van der Waals surface area contributed by atoms with E-state index < -0.39 is 0 Å². The lowest BCUT2D eigenvalue weighted by Crippen LogP contribution is -2.24. The summed E-state index contributed by atoms with van der Waals surface area (Å²) in [7, 11) is 2.05. The van der Waals surface area contributed by atoms with Gasteiger partial charge < -0.3 is 10.0 Å². The van der Waals surface area contributed by atoms with Crippen molar-refractivity contribution >= 4 is 5.82 Å². The summed E-state index contributed by atoms with van der Waals surface area (Å²) in [6.45, 7) is 7.60. The molecule has 1 N–H and O–H groups in total. The summed E-state index contributed by atoms with van der Waals surface area (Å²) in [6.07, 6.45) is 2.05. The molecule has 0 saturated carbocycles. The zero-order chi connectivity index (χ0) is 12.8. The third kappa shape index (κ3) is 4.35. The van der Waals surface area contributed by atoms with Gasteiger partial charge in [-0.25, -0.2) is 4.98 Å². The Hall–Kier alpha value is -1.09. The highest BCUT2D eigenvalue weighted by Crippen LogP contribution is 2.16. The van der Waals surface area contributed by atoms with E-state index >= 15 is 0 Å². The minimum Gasteiger partial charge on any atom is -0.392 e. The average molecular weight is 236 g/mol. The number of anilines is 1. The molecule has 96 valence electrons. The topological polar surface area (TPSA) is 36.4 Å². The second-order valence-corrected chi connectivity index (χ2v) is 5.01. The first-order valence-corrected chi connectivity index (χ1v) is 6.38. The Kier molecular flexibility index (Phi) is 5.42. The van der Waals surface area contributed by atoms with Crippen LogP contribution in [0.3, 0.4) is 0 Å². The third-order valence-corrected chi connectivity index (χ3v) is 2.64. The highest BCUT2D eigenvalue weighted by Gasteiger charge is 2.08. The molecule has 0 aliphatic rings. The fourth-order valence-electron chi connectivity index (χ4n) is 1.95. The van der Waals surface area contributed by atoms with E-state index in [1.165, 1.54) is 0 Å². The van der Waals surface area contributed by atoms with Crippen LogP contribution in [0.2, 0.25) is 0 Å². The summed E-state index contributed by atoms with van der Waals surface area (Å²) < 4.78 is 0. The number of pyridine rings is 1. The molecule has 0 bridgehead atoms. The van der Waals surface area contributed by atoms with Crippen LogP contribution in [-0.2, 0) is 13.0 Å². The molecule has 0 saturated heterocycles. The molecule has 1 aromatic heterocycles. The molecule has 0 atom stereocenters. The summed E-state index contributed by atoms with van der Waals surface area (Å²) >= 11 is 0. The minimum absolute atomic E-state index is 0.0851. The van der Waals surface area contributed by atoms with E-state index in [1.54, 1.807) is 0 Å². The molecule has 0 unspecified atom stereocenters. The van der Waals surface area contributed by atoms with Gasteiger partial charge in [-0.2, -0.15) is 0 Å². The number of aliphatic hydroxyl groups excluding tert-OH is 1. The van der Waals surface area contributed by atoms with Crippen LogP contribution < -0.4 is 4.90 Å². The Morgan fingerprint density at radius 2 is 2.06 bits per heavy atom. The molecule has 3 heteroatoms. The van der Waals surface area contributed by atoms with Crippen LogP contribution in [0.5, 0.6) is 0 Å². The molecule has 0 radical (unpaired) electrons. The molecule has 17 heavy (non-hydrogen) atoms. The van der Waals surface area contributed by atoms with Gasteiger partial charge in [0.15, 0.2) is 0 Å². The van der Waals surface area contributed by atoms with E-state index in [9.17, 15) is 5.11 Å². The Bertz CT molecular complexity index is 350. The molecule has 1 aromatic rings. The second kappa shape index (κ2) is 6.60. The SMILES string of the molecule is CCCc1cc(CO)cc(N(C)CC(C)C)n1. The maximum Gasteiger partial charge on any atom is 0.128 e. The predicted octanol–water partition coefficient (Wildman–Crippen LogP) is 2.62. The van der Waals surface area contributed by atoms with Crippen molar-refractivity contribution in [2.24, 2.45) is 5.92 Å². The van der Waals surface area contributed by atoms with Gasteiger partial charge in [0.1, 0.15) is 5.82 Å². The van der Waals surface area contributed by atoms with Gasteiger partial charge >= 0.3 is 0 Å². The van der Waals surface area contributed by atoms with Crippen LogP contribution in [0.1, 0.15) is 38.4 Å². The smallest absolute Gasteiger partial charge is 0.128 e. The van der Waals surface area contributed by atoms with E-state index in [0.717, 1.165) is 36.5 Å². The predicted molar refractivity (Wildman–Crippen MR) is 72.3 cm³/mol. The Balaban J connectivity index is 2.93. The maximum atomic E-state index is 9.27. The third-order valence-electron chi connectivity index (χ3n) is 2.64. The molecule has 1 rings (SSSR count). The van der Waals surface area contributed by atoms with Gasteiger partial charge in [0.05, 0.1) is 6.61 Å². The first-order chi connectivity index (χ1) is 8.06. The largest absolute Gasteiger partial charge is 0.392 e. The fraction of sp³-hybridized carbons (Fsp3) is 0.643. The highest BCUT2D eigenvalue weighted by molar-refractivity contribution is 5.42. The number of rotatable bonds is 6. The van der Waals surface area contributed by atoms with Crippen LogP contribution in [0.15, 0.2) is 12.1 Å². The van der Waals surface area contributed by atoms with Crippen LogP contribution in [0, 0.1) is 5.92 Å². The standard InChI is InChI=1S/C14H24N2O/c1-5-6-13-7-12(10-17)8-14(15-13)16(4)9-11(2)3/h7-8,11,17H,5-6,9-10H2,1-4H3. The summed E-state index contributed by atoms with van der Waals surface area (Å²) in [4.78, 5) is 6.79. The van der Waals surface area contributed by atoms with Crippen molar-refractivity contribution in [3.8, 4) is 0 Å². The zero-order valence-electron chi connectivity index (χ0n) is 11.4. The summed E-state index contributed by atoms with van der Waals surface area (Å²) in [5, 5.41) is 9.27. The lowest BCUT2D eigenvalue weighted by Gasteiger charge is -2.21. The second-order valence-electron chi connectivity index (χ2n) is 5.01. The number of aryl methyl sites for hydroxylation is 1. The van der Waals surface area contributed by atoms with E-state index in [1.807, 2.05) is 12.1 Å². The van der Waals surface area contributed by atoms with Crippen molar-refractivity contribution in [1.29, 1.82) is 0 Å². The summed E-state index contributed by atoms with van der Waals surface area (Å²) in [6, 6.07) is 3.97.